The number of benzene rings is 2. The highest BCUT2D eigenvalue weighted by Crippen LogP contribution is 2.45. The molecule has 1 aliphatic rings. The van der Waals surface area contributed by atoms with Gasteiger partial charge in [-0.1, -0.05) is 42.5 Å². The van der Waals surface area contributed by atoms with Gasteiger partial charge < -0.3 is 15.3 Å². The number of nitrogens with zero attached hydrogens (tertiary/aromatic N) is 1. The molecule has 0 saturated heterocycles. The minimum absolute atomic E-state index is 0.0749. The van der Waals surface area contributed by atoms with Crippen LogP contribution in [0.2, 0.25) is 0 Å². The van der Waals surface area contributed by atoms with Gasteiger partial charge >= 0.3 is 5.97 Å². The van der Waals surface area contributed by atoms with Crippen LogP contribution in [0.5, 0.6) is 0 Å². The Balaban J connectivity index is 1.79. The molecule has 3 N–H and O–H groups in total. The molecule has 1 aliphatic carbocycles. The minimum atomic E-state index is -1.13. The SMILES string of the molecule is O=C(O)C[C@H](O)C[C@H](O)C=Cc1c(C2CC2)nc2ccccc2c1-c1ccc(F)cc1. The highest BCUT2D eigenvalue weighted by molar-refractivity contribution is 5.99. The predicted octanol–water partition coefficient (Wildman–Crippen LogP) is 4.52. The normalized spacial score (nSPS) is 16.0. The molecule has 160 valence electrons. The summed E-state index contributed by atoms with van der Waals surface area (Å²) in [7, 11) is 0. The van der Waals surface area contributed by atoms with E-state index >= 15 is 0 Å². The number of carboxylic acids is 1. The molecule has 0 spiro atoms. The summed E-state index contributed by atoms with van der Waals surface area (Å²) in [5.74, 6) is -1.10. The van der Waals surface area contributed by atoms with Gasteiger partial charge in [0.15, 0.2) is 0 Å². The van der Waals surface area contributed by atoms with Crippen LogP contribution in [0.4, 0.5) is 4.39 Å². The molecule has 1 fully saturated rings. The zero-order valence-corrected chi connectivity index (χ0v) is 16.9. The number of para-hydroxylation sites is 1. The lowest BCUT2D eigenvalue weighted by Crippen LogP contribution is -2.19. The summed E-state index contributed by atoms with van der Waals surface area (Å²) in [5.41, 5.74) is 4.43. The van der Waals surface area contributed by atoms with Crippen molar-refractivity contribution >= 4 is 22.9 Å². The summed E-state index contributed by atoms with van der Waals surface area (Å²) in [6.45, 7) is 0. The predicted molar refractivity (Wildman–Crippen MR) is 117 cm³/mol. The summed E-state index contributed by atoms with van der Waals surface area (Å²) in [6, 6.07) is 14.1. The highest BCUT2D eigenvalue weighted by Gasteiger charge is 2.29. The van der Waals surface area contributed by atoms with Gasteiger partial charge in [0.25, 0.3) is 0 Å². The van der Waals surface area contributed by atoms with Crippen molar-refractivity contribution in [2.24, 2.45) is 0 Å². The number of carboxylic acid groups (broad SMARTS) is 1. The number of rotatable bonds is 8. The first kappa shape index (κ1) is 21.2. The fourth-order valence-electron chi connectivity index (χ4n) is 3.86. The van der Waals surface area contributed by atoms with Crippen molar-refractivity contribution < 1.29 is 24.5 Å². The van der Waals surface area contributed by atoms with E-state index in [1.54, 1.807) is 24.3 Å². The van der Waals surface area contributed by atoms with Gasteiger partial charge in [-0.2, -0.15) is 0 Å². The molecule has 0 unspecified atom stereocenters. The van der Waals surface area contributed by atoms with E-state index in [1.807, 2.05) is 24.3 Å². The van der Waals surface area contributed by atoms with Crippen molar-refractivity contribution in [2.45, 2.75) is 43.8 Å². The minimum Gasteiger partial charge on any atom is -0.481 e. The lowest BCUT2D eigenvalue weighted by atomic mass is 9.92. The third-order valence-corrected chi connectivity index (χ3v) is 5.47. The van der Waals surface area contributed by atoms with E-state index in [0.29, 0.717) is 5.92 Å². The fraction of sp³-hybridized carbons (Fsp3) is 0.280. The Morgan fingerprint density at radius 1 is 1.13 bits per heavy atom. The third-order valence-electron chi connectivity index (χ3n) is 5.47. The van der Waals surface area contributed by atoms with Crippen LogP contribution >= 0.6 is 0 Å². The molecule has 0 aliphatic heterocycles. The zero-order valence-electron chi connectivity index (χ0n) is 16.9. The van der Waals surface area contributed by atoms with Crippen molar-refractivity contribution in [3.8, 4) is 11.1 Å². The smallest absolute Gasteiger partial charge is 0.305 e. The average Bonchev–Trinajstić information content (AvgIpc) is 3.56. The van der Waals surface area contributed by atoms with Crippen LogP contribution in [0.1, 0.15) is 42.9 Å². The maximum absolute atomic E-state index is 13.6. The first-order valence-electron chi connectivity index (χ1n) is 10.4. The summed E-state index contributed by atoms with van der Waals surface area (Å²) < 4.78 is 13.6. The Morgan fingerprint density at radius 3 is 2.52 bits per heavy atom. The molecular weight excluding hydrogens is 397 g/mol. The number of aliphatic hydroxyl groups excluding tert-OH is 2. The summed E-state index contributed by atoms with van der Waals surface area (Å²) >= 11 is 0. The van der Waals surface area contributed by atoms with Gasteiger partial charge in [-0.05, 0) is 36.6 Å². The second-order valence-corrected chi connectivity index (χ2v) is 8.00. The van der Waals surface area contributed by atoms with Gasteiger partial charge in [-0.25, -0.2) is 4.39 Å². The van der Waals surface area contributed by atoms with E-state index in [4.69, 9.17) is 10.1 Å². The van der Waals surface area contributed by atoms with Crippen LogP contribution in [-0.4, -0.2) is 38.5 Å². The molecule has 1 aromatic heterocycles. The molecule has 2 atom stereocenters. The maximum Gasteiger partial charge on any atom is 0.305 e. The van der Waals surface area contributed by atoms with Gasteiger partial charge in [-0.15, -0.1) is 0 Å². The van der Waals surface area contributed by atoms with Crippen LogP contribution in [0.3, 0.4) is 0 Å². The molecule has 0 radical (unpaired) electrons. The Morgan fingerprint density at radius 2 is 1.84 bits per heavy atom. The van der Waals surface area contributed by atoms with E-state index in [9.17, 15) is 19.4 Å². The maximum atomic E-state index is 13.6. The van der Waals surface area contributed by atoms with Crippen molar-refractivity contribution in [2.75, 3.05) is 0 Å². The number of fused-ring (bicyclic) bond motifs is 1. The highest BCUT2D eigenvalue weighted by atomic mass is 19.1. The van der Waals surface area contributed by atoms with E-state index < -0.39 is 24.6 Å². The lowest BCUT2D eigenvalue weighted by Gasteiger charge is -2.16. The first-order chi connectivity index (χ1) is 14.9. The van der Waals surface area contributed by atoms with Gasteiger partial charge in [0.1, 0.15) is 5.82 Å². The number of hydrogen-bond acceptors (Lipinski definition) is 4. The van der Waals surface area contributed by atoms with E-state index in [2.05, 4.69) is 0 Å². The second kappa shape index (κ2) is 8.96. The number of carbonyl (C=O) groups is 1. The fourth-order valence-corrected chi connectivity index (χ4v) is 3.86. The van der Waals surface area contributed by atoms with Crippen molar-refractivity contribution in [1.29, 1.82) is 0 Å². The topological polar surface area (TPSA) is 90.7 Å². The third kappa shape index (κ3) is 4.98. The van der Waals surface area contributed by atoms with Gasteiger partial charge in [0.05, 0.1) is 29.8 Å². The van der Waals surface area contributed by atoms with Crippen LogP contribution in [0.15, 0.2) is 54.6 Å². The molecule has 0 amide bonds. The number of aliphatic hydroxyl groups is 2. The summed E-state index contributed by atoms with van der Waals surface area (Å²) in [4.78, 5) is 15.6. The zero-order chi connectivity index (χ0) is 22.0. The molecule has 6 heteroatoms. The number of aliphatic carboxylic acids is 1. The molecule has 0 bridgehead atoms. The van der Waals surface area contributed by atoms with Crippen LogP contribution < -0.4 is 0 Å². The van der Waals surface area contributed by atoms with E-state index in [0.717, 1.165) is 46.1 Å². The molecule has 3 aromatic rings. The Hall–Kier alpha value is -3.09. The summed E-state index contributed by atoms with van der Waals surface area (Å²) in [5, 5.41) is 29.9. The van der Waals surface area contributed by atoms with Crippen molar-refractivity contribution in [3.63, 3.8) is 0 Å². The lowest BCUT2D eigenvalue weighted by molar-refractivity contribution is -0.139. The van der Waals surface area contributed by atoms with Gasteiger partial charge in [0.2, 0.25) is 0 Å². The standard InChI is InChI=1S/C25H24FNO4/c26-17-9-7-15(8-10-17)24-20-3-1-2-4-22(20)27-25(16-5-6-16)21(24)12-11-18(28)13-19(29)14-23(30)31/h1-4,7-12,16,18-19,28-29H,5-6,13-14H2,(H,30,31)/t18-,19-/m1/s1. The quantitative estimate of drug-likeness (QED) is 0.498. The van der Waals surface area contributed by atoms with E-state index in [1.165, 1.54) is 12.1 Å². The Labute approximate surface area is 179 Å². The average molecular weight is 421 g/mol. The largest absolute Gasteiger partial charge is 0.481 e. The molecule has 5 nitrogen and oxygen atoms in total. The van der Waals surface area contributed by atoms with Crippen LogP contribution in [-0.2, 0) is 4.79 Å². The number of pyridine rings is 1. The number of aromatic nitrogens is 1. The van der Waals surface area contributed by atoms with E-state index in [-0.39, 0.29) is 12.2 Å². The molecule has 2 aromatic carbocycles. The molecule has 31 heavy (non-hydrogen) atoms. The number of halogens is 1. The van der Waals surface area contributed by atoms with Crippen molar-refractivity contribution in [3.05, 3.63) is 71.7 Å². The monoisotopic (exact) mass is 421 g/mol. The molecule has 1 heterocycles. The first-order valence-corrected chi connectivity index (χ1v) is 10.4. The number of hydrogen-bond donors (Lipinski definition) is 3. The van der Waals surface area contributed by atoms with Crippen LogP contribution in [0, 0.1) is 5.82 Å². The Kier molecular flexibility index (Phi) is 6.11. The second-order valence-electron chi connectivity index (χ2n) is 8.00. The van der Waals surface area contributed by atoms with Gasteiger partial charge in [-0.3, -0.25) is 9.78 Å². The Bertz CT molecular complexity index is 1120. The van der Waals surface area contributed by atoms with Gasteiger partial charge in [0, 0.05) is 28.9 Å². The molecule has 4 rings (SSSR count). The summed E-state index contributed by atoms with van der Waals surface area (Å²) in [6.07, 6.45) is 2.80. The van der Waals surface area contributed by atoms with Crippen LogP contribution in [0.25, 0.3) is 28.1 Å². The van der Waals surface area contributed by atoms with Crippen molar-refractivity contribution in [1.82, 2.24) is 4.98 Å². The molecular formula is C25H24FNO4. The molecule has 1 saturated carbocycles.